The number of nitrogens with one attached hydrogen (secondary N) is 1. The van der Waals surface area contributed by atoms with Crippen molar-refractivity contribution in [2.45, 2.75) is 52.5 Å². The highest BCUT2D eigenvalue weighted by Crippen LogP contribution is 2.27. The Morgan fingerprint density at radius 3 is 3.00 bits per heavy atom. The van der Waals surface area contributed by atoms with E-state index in [0.29, 0.717) is 47.0 Å². The first-order chi connectivity index (χ1) is 13.1. The molecule has 0 fully saturated rings. The van der Waals surface area contributed by atoms with Crippen LogP contribution in [-0.2, 0) is 11.3 Å². The van der Waals surface area contributed by atoms with Crippen molar-refractivity contribution in [3.8, 4) is 0 Å². The van der Waals surface area contributed by atoms with Crippen LogP contribution in [0, 0.1) is 6.92 Å². The van der Waals surface area contributed by atoms with Gasteiger partial charge in [-0.1, -0.05) is 11.6 Å². The normalized spacial score (nSPS) is 14.4. The third kappa shape index (κ3) is 4.65. The molecule has 0 unspecified atom stereocenters. The molecule has 6 nitrogen and oxygen atoms in total. The van der Waals surface area contributed by atoms with Gasteiger partial charge in [-0.2, -0.15) is 0 Å². The van der Waals surface area contributed by atoms with E-state index in [4.69, 9.17) is 4.74 Å². The molecule has 2 aromatic rings. The number of hydrogen-bond acceptors (Lipinski definition) is 5. The van der Waals surface area contributed by atoms with Crippen LogP contribution in [0.4, 0.5) is 0 Å². The van der Waals surface area contributed by atoms with Crippen LogP contribution < -0.4 is 10.9 Å². The maximum Gasteiger partial charge on any atom is 0.262 e. The Hall–Kier alpha value is -1.99. The van der Waals surface area contributed by atoms with Gasteiger partial charge < -0.3 is 10.1 Å². The maximum absolute atomic E-state index is 12.7. The molecule has 1 N–H and O–H groups in total. The quantitative estimate of drug-likeness (QED) is 0.555. The lowest BCUT2D eigenvalue weighted by molar-refractivity contribution is 0.0957. The summed E-state index contributed by atoms with van der Waals surface area (Å²) in [4.78, 5) is 30.9. The average Bonchev–Trinajstić information content (AvgIpc) is 3.02. The van der Waals surface area contributed by atoms with Crippen molar-refractivity contribution in [3.63, 3.8) is 0 Å². The molecule has 0 atom stereocenters. The largest absolute Gasteiger partial charge is 0.380 e. The molecule has 0 bridgehead atoms. The third-order valence-corrected chi connectivity index (χ3v) is 6.12. The number of aromatic nitrogens is 2. The van der Waals surface area contributed by atoms with Crippen molar-refractivity contribution in [1.29, 1.82) is 0 Å². The molecule has 2 heterocycles. The molecule has 1 amide bonds. The first-order valence-corrected chi connectivity index (χ1v) is 10.5. The van der Waals surface area contributed by atoms with Crippen molar-refractivity contribution >= 4 is 27.5 Å². The van der Waals surface area contributed by atoms with Crippen LogP contribution >= 0.6 is 11.3 Å². The van der Waals surface area contributed by atoms with Crippen LogP contribution in [0.1, 0.15) is 54.3 Å². The zero-order valence-electron chi connectivity index (χ0n) is 16.0. The zero-order chi connectivity index (χ0) is 19.2. The lowest BCUT2D eigenvalue weighted by Gasteiger charge is -2.12. The molecule has 7 heteroatoms. The SMILES string of the molecule is CCOCCn1cnc2sc(C(=O)NCCC3=CCCCC3)c(C)c2c1=O. The highest BCUT2D eigenvalue weighted by molar-refractivity contribution is 7.20. The fourth-order valence-corrected chi connectivity index (χ4v) is 4.45. The smallest absolute Gasteiger partial charge is 0.262 e. The molecule has 1 aliphatic carbocycles. The van der Waals surface area contributed by atoms with Gasteiger partial charge in [0.25, 0.3) is 11.5 Å². The molecule has 0 radical (unpaired) electrons. The first kappa shape index (κ1) is 19.8. The monoisotopic (exact) mass is 389 g/mol. The number of carbonyl (C=O) groups is 1. The van der Waals surface area contributed by atoms with Gasteiger partial charge in [-0.15, -0.1) is 11.3 Å². The van der Waals surface area contributed by atoms with E-state index in [1.54, 1.807) is 4.57 Å². The van der Waals surface area contributed by atoms with Gasteiger partial charge in [0, 0.05) is 13.2 Å². The lowest BCUT2D eigenvalue weighted by Crippen LogP contribution is -2.25. The summed E-state index contributed by atoms with van der Waals surface area (Å²) in [7, 11) is 0. The molecular formula is C20H27N3O3S. The summed E-state index contributed by atoms with van der Waals surface area (Å²) in [5.74, 6) is -0.118. The summed E-state index contributed by atoms with van der Waals surface area (Å²) in [5.41, 5.74) is 2.04. The van der Waals surface area contributed by atoms with Crippen LogP contribution in [0.25, 0.3) is 10.2 Å². The van der Waals surface area contributed by atoms with Gasteiger partial charge in [0.1, 0.15) is 4.83 Å². The van der Waals surface area contributed by atoms with E-state index in [0.717, 1.165) is 19.3 Å². The van der Waals surface area contributed by atoms with Gasteiger partial charge in [-0.05, 0) is 51.5 Å². The summed E-state index contributed by atoms with van der Waals surface area (Å²) in [6.07, 6.45) is 9.55. The van der Waals surface area contributed by atoms with Crippen LogP contribution in [0.15, 0.2) is 22.8 Å². The summed E-state index contributed by atoms with van der Waals surface area (Å²) in [6.45, 7) is 5.92. The summed E-state index contributed by atoms with van der Waals surface area (Å²) < 4.78 is 6.87. The molecule has 0 saturated heterocycles. The van der Waals surface area contributed by atoms with Gasteiger partial charge in [-0.3, -0.25) is 14.2 Å². The maximum atomic E-state index is 12.7. The molecular weight excluding hydrogens is 362 g/mol. The standard InChI is InChI=1S/C20H27N3O3S/c1-3-26-12-11-23-13-22-19-16(20(23)25)14(2)17(27-19)18(24)21-10-9-15-7-5-4-6-8-15/h7,13H,3-6,8-12H2,1-2H3,(H,21,24). The highest BCUT2D eigenvalue weighted by atomic mass is 32.1. The average molecular weight is 390 g/mol. The second kappa shape index (κ2) is 9.28. The van der Waals surface area contributed by atoms with E-state index in [1.807, 2.05) is 13.8 Å². The van der Waals surface area contributed by atoms with Crippen molar-refractivity contribution in [2.24, 2.45) is 0 Å². The Labute approximate surface area is 163 Å². The van der Waals surface area contributed by atoms with E-state index in [9.17, 15) is 9.59 Å². The van der Waals surface area contributed by atoms with E-state index in [-0.39, 0.29) is 11.5 Å². The fraction of sp³-hybridized carbons (Fsp3) is 0.550. The molecule has 27 heavy (non-hydrogen) atoms. The fourth-order valence-electron chi connectivity index (χ4n) is 3.39. The van der Waals surface area contributed by atoms with Crippen molar-refractivity contribution in [2.75, 3.05) is 19.8 Å². The highest BCUT2D eigenvalue weighted by Gasteiger charge is 2.19. The number of aryl methyl sites for hydroxylation is 1. The van der Waals surface area contributed by atoms with Crippen LogP contribution in [0.3, 0.4) is 0 Å². The predicted octanol–water partition coefficient (Wildman–Crippen LogP) is 3.42. The molecule has 0 spiro atoms. The number of fused-ring (bicyclic) bond motifs is 1. The first-order valence-electron chi connectivity index (χ1n) is 9.64. The van der Waals surface area contributed by atoms with Gasteiger partial charge in [0.2, 0.25) is 0 Å². The predicted molar refractivity (Wildman–Crippen MR) is 109 cm³/mol. The minimum Gasteiger partial charge on any atom is -0.380 e. The van der Waals surface area contributed by atoms with Crippen LogP contribution in [-0.4, -0.2) is 35.2 Å². The van der Waals surface area contributed by atoms with Crippen molar-refractivity contribution < 1.29 is 9.53 Å². The van der Waals surface area contributed by atoms with Crippen molar-refractivity contribution in [3.05, 3.63) is 38.8 Å². The number of amides is 1. The van der Waals surface area contributed by atoms with E-state index in [2.05, 4.69) is 16.4 Å². The topological polar surface area (TPSA) is 73.2 Å². The minimum absolute atomic E-state index is 0.111. The molecule has 0 aromatic carbocycles. The Kier molecular flexibility index (Phi) is 6.79. The van der Waals surface area contributed by atoms with Crippen LogP contribution in [0.5, 0.6) is 0 Å². The number of rotatable bonds is 8. The molecule has 0 aliphatic heterocycles. The van der Waals surface area contributed by atoms with Gasteiger partial charge in [0.05, 0.1) is 29.7 Å². The van der Waals surface area contributed by atoms with Gasteiger partial charge in [-0.25, -0.2) is 4.98 Å². The van der Waals surface area contributed by atoms with E-state index >= 15 is 0 Å². The summed E-state index contributed by atoms with van der Waals surface area (Å²) in [6, 6.07) is 0. The molecule has 0 saturated carbocycles. The third-order valence-electron chi connectivity index (χ3n) is 4.92. The summed E-state index contributed by atoms with van der Waals surface area (Å²) >= 11 is 1.29. The Morgan fingerprint density at radius 1 is 1.41 bits per heavy atom. The number of allylic oxidation sites excluding steroid dienone is 1. The minimum atomic E-state index is -0.118. The Bertz CT molecular complexity index is 898. The second-order valence-corrected chi connectivity index (χ2v) is 7.79. The van der Waals surface area contributed by atoms with Crippen molar-refractivity contribution in [1.82, 2.24) is 14.9 Å². The molecule has 3 rings (SSSR count). The number of nitrogens with zero attached hydrogens (tertiary/aromatic N) is 2. The molecule has 146 valence electrons. The van der Waals surface area contributed by atoms with Crippen LogP contribution in [0.2, 0.25) is 0 Å². The summed E-state index contributed by atoms with van der Waals surface area (Å²) in [5, 5.41) is 3.54. The van der Waals surface area contributed by atoms with E-state index < -0.39 is 0 Å². The van der Waals surface area contributed by atoms with E-state index in [1.165, 1.54) is 36.1 Å². The number of thiophene rings is 1. The number of hydrogen-bond donors (Lipinski definition) is 1. The second-order valence-electron chi connectivity index (χ2n) is 6.79. The lowest BCUT2D eigenvalue weighted by atomic mass is 9.97. The molecule has 1 aliphatic rings. The van der Waals surface area contributed by atoms with Gasteiger partial charge in [0.15, 0.2) is 0 Å². The Morgan fingerprint density at radius 2 is 2.26 bits per heavy atom. The zero-order valence-corrected chi connectivity index (χ0v) is 16.9. The number of carbonyl (C=O) groups excluding carboxylic acids is 1. The number of ether oxygens (including phenoxy) is 1. The molecule has 2 aromatic heterocycles. The van der Waals surface area contributed by atoms with Gasteiger partial charge >= 0.3 is 0 Å². The Balaban J connectivity index is 1.71.